The van der Waals surface area contributed by atoms with E-state index >= 15 is 0 Å². The molecule has 5 atom stereocenters. The average Bonchev–Trinajstić information content (AvgIpc) is 2.34. The van der Waals surface area contributed by atoms with Gasteiger partial charge in [-0.3, -0.25) is 4.79 Å². The first-order chi connectivity index (χ1) is 9.29. The maximum atomic E-state index is 11.2. The summed E-state index contributed by atoms with van der Waals surface area (Å²) in [6.07, 6.45) is 2.64. The van der Waals surface area contributed by atoms with Gasteiger partial charge in [0, 0.05) is 18.3 Å². The second kappa shape index (κ2) is 5.51. The zero-order valence-electron chi connectivity index (χ0n) is 13.6. The minimum Gasteiger partial charge on any atom is -0.465 e. The molecule has 2 aliphatic rings. The Labute approximate surface area is 122 Å². The molecule has 0 saturated carbocycles. The molecule has 0 aromatic rings. The fraction of sp³-hybridized carbons (Fsp3) is 0.824. The first-order valence-electron chi connectivity index (χ1n) is 7.73. The van der Waals surface area contributed by atoms with Crippen molar-refractivity contribution < 1.29 is 14.3 Å². The van der Waals surface area contributed by atoms with Crippen LogP contribution in [0.2, 0.25) is 0 Å². The molecule has 0 spiro atoms. The molecule has 0 radical (unpaired) electrons. The molecule has 1 saturated heterocycles. The van der Waals surface area contributed by atoms with E-state index in [0.29, 0.717) is 36.9 Å². The fourth-order valence-corrected chi connectivity index (χ4v) is 4.15. The fourth-order valence-electron chi connectivity index (χ4n) is 4.15. The van der Waals surface area contributed by atoms with Crippen LogP contribution in [0, 0.1) is 29.1 Å². The number of hydrogen-bond donors (Lipinski definition) is 0. The first-order valence-corrected chi connectivity index (χ1v) is 7.73. The summed E-state index contributed by atoms with van der Waals surface area (Å²) >= 11 is 0. The Bertz CT molecular complexity index is 412. The number of allylic oxidation sites excluding steroid dienone is 1. The van der Waals surface area contributed by atoms with E-state index in [1.54, 1.807) is 0 Å². The highest BCUT2D eigenvalue weighted by atomic mass is 16.5. The van der Waals surface area contributed by atoms with E-state index < -0.39 is 0 Å². The van der Waals surface area contributed by atoms with E-state index in [4.69, 9.17) is 9.47 Å². The van der Waals surface area contributed by atoms with Gasteiger partial charge in [0.05, 0.1) is 19.3 Å². The Balaban J connectivity index is 2.33. The molecule has 2 bridgehead atoms. The number of fused-ring (bicyclic) bond motifs is 2. The van der Waals surface area contributed by atoms with Crippen molar-refractivity contribution in [2.75, 3.05) is 13.2 Å². The smallest absolute Gasteiger partial charge is 0.302 e. The van der Waals surface area contributed by atoms with E-state index in [0.717, 1.165) is 0 Å². The van der Waals surface area contributed by atoms with Crippen LogP contribution in [0.5, 0.6) is 0 Å². The molecular weight excluding hydrogens is 252 g/mol. The summed E-state index contributed by atoms with van der Waals surface area (Å²) in [6, 6.07) is 0. The highest BCUT2D eigenvalue weighted by molar-refractivity contribution is 5.65. The molecule has 2 rings (SSSR count). The normalized spacial score (nSPS) is 40.5. The molecule has 1 fully saturated rings. The third kappa shape index (κ3) is 2.41. The average molecular weight is 280 g/mol. The molecule has 0 N–H and O–H groups in total. The summed E-state index contributed by atoms with van der Waals surface area (Å²) in [5.74, 6) is 1.60. The molecule has 114 valence electrons. The largest absolute Gasteiger partial charge is 0.465 e. The van der Waals surface area contributed by atoms with Gasteiger partial charge in [-0.2, -0.15) is 0 Å². The second-order valence-corrected chi connectivity index (χ2v) is 7.05. The van der Waals surface area contributed by atoms with E-state index in [1.165, 1.54) is 12.5 Å². The molecule has 0 aromatic carbocycles. The van der Waals surface area contributed by atoms with Gasteiger partial charge in [-0.15, -0.1) is 0 Å². The van der Waals surface area contributed by atoms with Gasteiger partial charge in [0.15, 0.2) is 0 Å². The SMILES string of the molecule is CC(=O)OC[C@@]12CO[C@@H](C(C)C)[C@@H](C(C)=C[C@@H]1C)[C@@H]2C. The lowest BCUT2D eigenvalue weighted by molar-refractivity contribution is -0.186. The van der Waals surface area contributed by atoms with Crippen LogP contribution in [-0.4, -0.2) is 25.3 Å². The van der Waals surface area contributed by atoms with Crippen LogP contribution >= 0.6 is 0 Å². The van der Waals surface area contributed by atoms with Crippen molar-refractivity contribution >= 4 is 5.97 Å². The Morgan fingerprint density at radius 3 is 2.70 bits per heavy atom. The molecule has 20 heavy (non-hydrogen) atoms. The van der Waals surface area contributed by atoms with Gasteiger partial charge in [-0.05, 0) is 24.7 Å². The van der Waals surface area contributed by atoms with Crippen molar-refractivity contribution in [2.45, 2.75) is 47.6 Å². The van der Waals surface area contributed by atoms with Crippen molar-refractivity contribution in [1.29, 1.82) is 0 Å². The third-order valence-electron chi connectivity index (χ3n) is 5.49. The van der Waals surface area contributed by atoms with Gasteiger partial charge < -0.3 is 9.47 Å². The van der Waals surface area contributed by atoms with E-state index in [2.05, 4.69) is 40.7 Å². The van der Waals surface area contributed by atoms with Crippen molar-refractivity contribution in [1.82, 2.24) is 0 Å². The first kappa shape index (κ1) is 15.6. The maximum absolute atomic E-state index is 11.2. The van der Waals surface area contributed by atoms with Crippen LogP contribution in [-0.2, 0) is 14.3 Å². The van der Waals surface area contributed by atoms with E-state index in [9.17, 15) is 4.79 Å². The highest BCUT2D eigenvalue weighted by Gasteiger charge is 2.54. The van der Waals surface area contributed by atoms with Gasteiger partial charge >= 0.3 is 5.97 Å². The lowest BCUT2D eigenvalue weighted by Crippen LogP contribution is -2.57. The van der Waals surface area contributed by atoms with Crippen LogP contribution < -0.4 is 0 Å². The monoisotopic (exact) mass is 280 g/mol. The zero-order chi connectivity index (χ0) is 15.1. The number of esters is 1. The van der Waals surface area contributed by atoms with Crippen LogP contribution in [0.4, 0.5) is 0 Å². The molecule has 3 heteroatoms. The zero-order valence-corrected chi connectivity index (χ0v) is 13.6. The quantitative estimate of drug-likeness (QED) is 0.587. The molecule has 0 amide bonds. The second-order valence-electron chi connectivity index (χ2n) is 7.05. The van der Waals surface area contributed by atoms with Gasteiger partial charge in [-0.1, -0.05) is 39.3 Å². The Kier molecular flexibility index (Phi) is 4.29. The lowest BCUT2D eigenvalue weighted by Gasteiger charge is -2.56. The topological polar surface area (TPSA) is 35.5 Å². The summed E-state index contributed by atoms with van der Waals surface area (Å²) < 4.78 is 11.6. The number of carbonyl (C=O) groups excluding carboxylic acids is 1. The number of ether oxygens (including phenoxy) is 2. The Morgan fingerprint density at radius 1 is 1.50 bits per heavy atom. The maximum Gasteiger partial charge on any atom is 0.302 e. The summed E-state index contributed by atoms with van der Waals surface area (Å²) in [4.78, 5) is 11.2. The van der Waals surface area contributed by atoms with Gasteiger partial charge in [0.2, 0.25) is 0 Å². The minimum absolute atomic E-state index is 0.0682. The minimum atomic E-state index is -0.201. The van der Waals surface area contributed by atoms with Crippen LogP contribution in [0.25, 0.3) is 0 Å². The van der Waals surface area contributed by atoms with Crippen LogP contribution in [0.1, 0.15) is 41.5 Å². The van der Waals surface area contributed by atoms with Crippen molar-refractivity contribution in [3.05, 3.63) is 11.6 Å². The Morgan fingerprint density at radius 2 is 2.15 bits per heavy atom. The molecule has 3 nitrogen and oxygen atoms in total. The molecular formula is C17H28O3. The number of carbonyl (C=O) groups is 1. The van der Waals surface area contributed by atoms with E-state index in [1.807, 2.05) is 0 Å². The van der Waals surface area contributed by atoms with Crippen LogP contribution in [0.15, 0.2) is 11.6 Å². The molecule has 0 aromatic heterocycles. The summed E-state index contributed by atoms with van der Waals surface area (Å²) in [7, 11) is 0. The lowest BCUT2D eigenvalue weighted by atomic mass is 9.55. The summed E-state index contributed by atoms with van der Waals surface area (Å²) in [6.45, 7) is 13.8. The Hall–Kier alpha value is -0.830. The predicted molar refractivity (Wildman–Crippen MR) is 79.2 cm³/mol. The van der Waals surface area contributed by atoms with Gasteiger partial charge in [0.25, 0.3) is 0 Å². The highest BCUT2D eigenvalue weighted by Crippen LogP contribution is 2.53. The van der Waals surface area contributed by atoms with Gasteiger partial charge in [0.1, 0.15) is 0 Å². The molecule has 0 unspecified atom stereocenters. The van der Waals surface area contributed by atoms with Crippen LogP contribution in [0.3, 0.4) is 0 Å². The summed E-state index contributed by atoms with van der Waals surface area (Å²) in [5, 5.41) is 0. The van der Waals surface area contributed by atoms with Crippen molar-refractivity contribution in [3.8, 4) is 0 Å². The number of hydrogen-bond acceptors (Lipinski definition) is 3. The van der Waals surface area contributed by atoms with E-state index in [-0.39, 0.29) is 17.5 Å². The molecule has 1 aliphatic carbocycles. The molecule has 1 aliphatic heterocycles. The standard InChI is InChI=1S/C17H28O3/c1-10(2)16-15-11(3)7-12(4)17(9-20-16,13(15)5)8-19-14(6)18/h7,10,12-13,15-16H,8-9H2,1-6H3/t12-,13-,15-,16-,17+/m0/s1. The van der Waals surface area contributed by atoms with Crippen molar-refractivity contribution in [2.24, 2.45) is 29.1 Å². The summed E-state index contributed by atoms with van der Waals surface area (Å²) in [5.41, 5.74) is 1.36. The predicted octanol–water partition coefficient (Wildman–Crippen LogP) is 3.44. The third-order valence-corrected chi connectivity index (χ3v) is 5.49. The molecule has 1 heterocycles. The van der Waals surface area contributed by atoms with Gasteiger partial charge in [-0.25, -0.2) is 0 Å². The van der Waals surface area contributed by atoms with Crippen molar-refractivity contribution in [3.63, 3.8) is 0 Å². The number of rotatable bonds is 3.